The largest absolute Gasteiger partial charge is 0.490 e. The molecule has 0 radical (unpaired) electrons. The van der Waals surface area contributed by atoms with Crippen molar-refractivity contribution in [2.45, 2.75) is 19.1 Å². The van der Waals surface area contributed by atoms with E-state index >= 15 is 0 Å². The average Bonchev–Trinajstić information content (AvgIpc) is 3.42. The molecular formula is C20H27F3N6O8S2. The van der Waals surface area contributed by atoms with E-state index in [9.17, 15) is 34.8 Å². The number of guanidine groups is 1. The van der Waals surface area contributed by atoms with Crippen LogP contribution in [0.4, 0.5) is 13.2 Å². The highest BCUT2D eigenvalue weighted by atomic mass is 32.2. The van der Waals surface area contributed by atoms with E-state index in [-0.39, 0.29) is 29.2 Å². The predicted octanol–water partition coefficient (Wildman–Crippen LogP) is 1.23. The summed E-state index contributed by atoms with van der Waals surface area (Å²) in [5.74, 6) is -0.494. The molecular weight excluding hydrogens is 573 g/mol. The topological polar surface area (TPSA) is 219 Å². The van der Waals surface area contributed by atoms with Crippen LogP contribution in [-0.4, -0.2) is 84.7 Å². The minimum absolute atomic E-state index is 0.00674. The molecule has 1 aromatic carbocycles. The number of alkyl halides is 3. The Labute approximate surface area is 221 Å². The fourth-order valence-corrected chi connectivity index (χ4v) is 2.76. The number of nitrogens with zero attached hydrogens (tertiary/aromatic N) is 3. The van der Waals surface area contributed by atoms with Crippen molar-refractivity contribution in [1.29, 1.82) is 0 Å². The third-order valence-corrected chi connectivity index (χ3v) is 4.11. The van der Waals surface area contributed by atoms with Crippen LogP contribution in [-0.2, 0) is 33.2 Å². The molecule has 0 bridgehead atoms. The molecule has 3 aromatic rings. The van der Waals surface area contributed by atoms with Crippen LogP contribution in [0.25, 0.3) is 10.9 Å². The number of amides is 1. The smallest absolute Gasteiger partial charge is 0.393 e. The van der Waals surface area contributed by atoms with Crippen LogP contribution < -0.4 is 15.8 Å². The van der Waals surface area contributed by atoms with Gasteiger partial charge in [-0.05, 0) is 17.7 Å². The van der Waals surface area contributed by atoms with Crippen LogP contribution in [0.5, 0.6) is 5.75 Å². The van der Waals surface area contributed by atoms with E-state index in [1.807, 2.05) is 0 Å². The van der Waals surface area contributed by atoms with Gasteiger partial charge in [0.15, 0.2) is 5.96 Å². The number of aromatic nitrogens is 3. The van der Waals surface area contributed by atoms with Gasteiger partial charge >= 0.3 is 6.18 Å². The second kappa shape index (κ2) is 13.9. The molecule has 1 amide bonds. The molecule has 19 heteroatoms. The van der Waals surface area contributed by atoms with Gasteiger partial charge in [-0.2, -0.15) is 35.0 Å². The first-order chi connectivity index (χ1) is 17.8. The zero-order chi connectivity index (χ0) is 30.0. The van der Waals surface area contributed by atoms with Gasteiger partial charge in [0.2, 0.25) is 0 Å². The fraction of sp³-hybridized carbons (Fsp3) is 0.350. The fourth-order valence-electron chi connectivity index (χ4n) is 2.76. The molecule has 218 valence electrons. The third kappa shape index (κ3) is 14.7. The highest BCUT2D eigenvalue weighted by Gasteiger charge is 2.29. The van der Waals surface area contributed by atoms with Gasteiger partial charge in [0.05, 0.1) is 37.3 Å². The van der Waals surface area contributed by atoms with Crippen molar-refractivity contribution >= 4 is 43.0 Å². The summed E-state index contributed by atoms with van der Waals surface area (Å²) in [5, 5.41) is 2.75. The second-order valence-corrected chi connectivity index (χ2v) is 10.6. The zero-order valence-electron chi connectivity index (χ0n) is 20.8. The first-order valence-corrected chi connectivity index (χ1v) is 14.2. The number of hydrogen-bond donors (Lipinski definition) is 5. The SMILES string of the molecule is CNC(N)=NC(=O)c1cc2c(CC(F)(F)F)ccc(OCCn3ccnc3)c2[nH]1.CS(=O)(=O)O.CS(=O)(=O)O. The van der Waals surface area contributed by atoms with Gasteiger partial charge in [-0.1, -0.05) is 6.07 Å². The Morgan fingerprint density at radius 1 is 1.21 bits per heavy atom. The number of imidazole rings is 1. The predicted molar refractivity (Wildman–Crippen MR) is 136 cm³/mol. The first kappa shape index (κ1) is 33.3. The number of fused-ring (bicyclic) bond motifs is 1. The van der Waals surface area contributed by atoms with E-state index < -0.39 is 38.7 Å². The summed E-state index contributed by atoms with van der Waals surface area (Å²) in [6.45, 7) is 0.762. The molecule has 39 heavy (non-hydrogen) atoms. The molecule has 0 saturated carbocycles. The van der Waals surface area contributed by atoms with Gasteiger partial charge < -0.3 is 25.3 Å². The van der Waals surface area contributed by atoms with Crippen molar-refractivity contribution in [3.8, 4) is 5.75 Å². The van der Waals surface area contributed by atoms with E-state index in [0.29, 0.717) is 30.3 Å². The Bertz CT molecular complexity index is 1440. The van der Waals surface area contributed by atoms with Gasteiger partial charge in [0.1, 0.15) is 18.1 Å². The van der Waals surface area contributed by atoms with Crippen molar-refractivity contribution in [2.24, 2.45) is 10.7 Å². The monoisotopic (exact) mass is 600 g/mol. The maximum Gasteiger partial charge on any atom is 0.393 e. The van der Waals surface area contributed by atoms with Crippen LogP contribution in [0.2, 0.25) is 0 Å². The highest BCUT2D eigenvalue weighted by Crippen LogP contribution is 2.33. The molecule has 6 N–H and O–H groups in total. The van der Waals surface area contributed by atoms with Crippen molar-refractivity contribution in [3.63, 3.8) is 0 Å². The van der Waals surface area contributed by atoms with Crippen LogP contribution in [0, 0.1) is 0 Å². The number of carbonyl (C=O) groups excluding carboxylic acids is 1. The van der Waals surface area contributed by atoms with Gasteiger partial charge in [0.25, 0.3) is 26.1 Å². The normalized spacial score (nSPS) is 12.2. The number of benzene rings is 1. The van der Waals surface area contributed by atoms with E-state index in [0.717, 1.165) is 0 Å². The molecule has 14 nitrogen and oxygen atoms in total. The lowest BCUT2D eigenvalue weighted by molar-refractivity contribution is -0.127. The molecule has 2 heterocycles. The van der Waals surface area contributed by atoms with E-state index in [4.69, 9.17) is 19.6 Å². The molecule has 0 aliphatic rings. The van der Waals surface area contributed by atoms with Gasteiger partial charge in [-0.3, -0.25) is 13.9 Å². The summed E-state index contributed by atoms with van der Waals surface area (Å²) in [6, 6.07) is 4.12. The summed E-state index contributed by atoms with van der Waals surface area (Å²) in [4.78, 5) is 22.6. The number of nitrogens with two attached hydrogens (primary N) is 1. The van der Waals surface area contributed by atoms with Crippen molar-refractivity contribution in [2.75, 3.05) is 26.2 Å². The number of hydrogen-bond acceptors (Lipinski definition) is 7. The van der Waals surface area contributed by atoms with Gasteiger partial charge in [-0.25, -0.2) is 4.98 Å². The molecule has 2 aromatic heterocycles. The van der Waals surface area contributed by atoms with Crippen molar-refractivity contribution < 1.29 is 48.6 Å². The Morgan fingerprint density at radius 2 is 1.79 bits per heavy atom. The average molecular weight is 601 g/mol. The quantitative estimate of drug-likeness (QED) is 0.154. The summed E-state index contributed by atoms with van der Waals surface area (Å²) < 4.78 is 98.1. The van der Waals surface area contributed by atoms with Crippen LogP contribution in [0.3, 0.4) is 0 Å². The van der Waals surface area contributed by atoms with E-state index in [2.05, 4.69) is 20.3 Å². The minimum atomic E-state index is -4.40. The van der Waals surface area contributed by atoms with Crippen LogP contribution in [0.15, 0.2) is 41.9 Å². The summed E-state index contributed by atoms with van der Waals surface area (Å²) >= 11 is 0. The van der Waals surface area contributed by atoms with Crippen LogP contribution >= 0.6 is 0 Å². The number of halogens is 3. The molecule has 0 aliphatic carbocycles. The lowest BCUT2D eigenvalue weighted by Crippen LogP contribution is -2.28. The van der Waals surface area contributed by atoms with E-state index in [1.54, 1.807) is 23.3 Å². The number of aliphatic imine (C=N–C) groups is 1. The van der Waals surface area contributed by atoms with Crippen molar-refractivity contribution in [3.05, 3.63) is 48.2 Å². The maximum absolute atomic E-state index is 12.9. The number of aromatic amines is 1. The summed E-state index contributed by atoms with van der Waals surface area (Å²) in [6.07, 6.45) is 0.922. The number of H-pyrrole nitrogens is 1. The van der Waals surface area contributed by atoms with E-state index in [1.165, 1.54) is 25.2 Å². The number of ether oxygens (including phenoxy) is 1. The Morgan fingerprint density at radius 3 is 2.28 bits per heavy atom. The zero-order valence-corrected chi connectivity index (χ0v) is 22.4. The van der Waals surface area contributed by atoms with Crippen molar-refractivity contribution in [1.82, 2.24) is 19.9 Å². The second-order valence-electron chi connectivity index (χ2n) is 7.65. The maximum atomic E-state index is 12.9. The summed E-state index contributed by atoms with van der Waals surface area (Å²) in [7, 11) is -5.84. The van der Waals surface area contributed by atoms with Crippen LogP contribution in [0.1, 0.15) is 16.1 Å². The molecule has 3 rings (SSSR count). The van der Waals surface area contributed by atoms with Gasteiger partial charge in [0, 0.05) is 24.8 Å². The lowest BCUT2D eigenvalue weighted by Gasteiger charge is -2.11. The first-order valence-electron chi connectivity index (χ1n) is 10.5. The Hall–Kier alpha value is -3.68. The molecule has 0 unspecified atom stereocenters. The summed E-state index contributed by atoms with van der Waals surface area (Å²) in [5.41, 5.74) is 5.80. The molecule has 0 fully saturated rings. The molecule has 0 aliphatic heterocycles. The number of nitrogens with one attached hydrogen (secondary N) is 2. The lowest BCUT2D eigenvalue weighted by atomic mass is 10.1. The molecule has 0 spiro atoms. The van der Waals surface area contributed by atoms with Gasteiger partial charge in [-0.15, -0.1) is 0 Å². The number of carbonyl (C=O) groups is 1. The minimum Gasteiger partial charge on any atom is -0.490 e. The third-order valence-electron chi connectivity index (χ3n) is 4.11. The standard InChI is InChI=1S/C18H19F3N6O2.2CH4O3S/c1-23-17(22)26-16(28)13-8-12-11(9-18(19,20)21)2-3-14(15(12)25-13)29-7-6-27-5-4-24-10-27;2*1-5(2,3)4/h2-5,8,10,25H,6-7,9H2,1H3,(H3,22,23,26,28);2*1H3,(H,2,3,4). The molecule has 0 saturated heterocycles. The highest BCUT2D eigenvalue weighted by molar-refractivity contribution is 7.85. The number of rotatable bonds is 6. The Balaban J connectivity index is 0.000000650. The molecule has 0 atom stereocenters. The Kier molecular flexibility index (Phi) is 11.9.